The lowest BCUT2D eigenvalue weighted by Crippen LogP contribution is -2.09. The van der Waals surface area contributed by atoms with Gasteiger partial charge in [-0.3, -0.25) is 20.2 Å². The van der Waals surface area contributed by atoms with Crippen molar-refractivity contribution in [3.8, 4) is 10.6 Å². The Bertz CT molecular complexity index is 1150. The first-order valence-electron chi connectivity index (χ1n) is 7.20. The van der Waals surface area contributed by atoms with E-state index >= 15 is 0 Å². The number of carbonyl (C=O) groups excluding carboxylic acids is 1. The molecular weight excluding hydrogens is 414 g/mol. The van der Waals surface area contributed by atoms with Gasteiger partial charge in [-0.2, -0.15) is 0 Å². The molecule has 10 heteroatoms. The molecule has 3 aromatic heterocycles. The highest BCUT2D eigenvalue weighted by atomic mass is 35.5. The van der Waals surface area contributed by atoms with Gasteiger partial charge in [-0.15, -0.1) is 34.0 Å². The van der Waals surface area contributed by atoms with E-state index in [0.29, 0.717) is 19.7 Å². The van der Waals surface area contributed by atoms with Crippen molar-refractivity contribution in [1.82, 2.24) is 4.98 Å². The number of rotatable bonds is 4. The second-order valence-electron chi connectivity index (χ2n) is 5.19. The molecule has 0 spiro atoms. The number of nitrogens with zero attached hydrogens (tertiary/aromatic N) is 2. The Kier molecular flexibility index (Phi) is 4.45. The first-order valence-corrected chi connectivity index (χ1v) is 10.1. The van der Waals surface area contributed by atoms with Crippen LogP contribution < -0.4 is 5.32 Å². The lowest BCUT2D eigenvalue weighted by molar-refractivity contribution is -0.384. The molecule has 0 aliphatic carbocycles. The molecule has 0 saturated carbocycles. The Morgan fingerprint density at radius 1 is 1.19 bits per heavy atom. The van der Waals surface area contributed by atoms with Gasteiger partial charge in [-0.1, -0.05) is 11.6 Å². The van der Waals surface area contributed by atoms with Gasteiger partial charge in [0, 0.05) is 27.6 Å². The van der Waals surface area contributed by atoms with Gasteiger partial charge in [0.2, 0.25) is 0 Å². The molecule has 0 aliphatic heterocycles. The Balaban J connectivity index is 1.55. The van der Waals surface area contributed by atoms with Crippen molar-refractivity contribution in [2.75, 3.05) is 5.32 Å². The number of carbonyl (C=O) groups is 1. The highest BCUT2D eigenvalue weighted by Gasteiger charge is 2.15. The number of halogens is 1. The summed E-state index contributed by atoms with van der Waals surface area (Å²) >= 11 is 9.96. The zero-order chi connectivity index (χ0) is 18.3. The minimum absolute atomic E-state index is 0.00133. The highest BCUT2D eigenvalue weighted by molar-refractivity contribution is 7.21. The van der Waals surface area contributed by atoms with E-state index in [9.17, 15) is 14.9 Å². The summed E-state index contributed by atoms with van der Waals surface area (Å²) in [7, 11) is 0. The molecule has 3 heterocycles. The molecule has 4 aromatic rings. The summed E-state index contributed by atoms with van der Waals surface area (Å²) in [5, 5.41) is 16.6. The first kappa shape index (κ1) is 17.1. The highest BCUT2D eigenvalue weighted by Crippen LogP contribution is 2.33. The van der Waals surface area contributed by atoms with Crippen LogP contribution in [0.25, 0.3) is 20.7 Å². The molecule has 0 unspecified atom stereocenters. The molecule has 0 fully saturated rings. The van der Waals surface area contributed by atoms with E-state index in [0.717, 1.165) is 15.3 Å². The number of benzene rings is 1. The van der Waals surface area contributed by atoms with E-state index in [-0.39, 0.29) is 11.6 Å². The number of fused-ring (bicyclic) bond motifs is 1. The van der Waals surface area contributed by atoms with Crippen LogP contribution in [0.1, 0.15) is 9.67 Å². The molecule has 0 radical (unpaired) electrons. The van der Waals surface area contributed by atoms with Crippen LogP contribution in [0, 0.1) is 10.1 Å². The van der Waals surface area contributed by atoms with Gasteiger partial charge in [0.25, 0.3) is 11.6 Å². The number of hydrogen-bond donors (Lipinski definition) is 1. The van der Waals surface area contributed by atoms with Gasteiger partial charge in [0.15, 0.2) is 5.13 Å². The van der Waals surface area contributed by atoms with Gasteiger partial charge in [-0.25, -0.2) is 4.98 Å². The number of hydrogen-bond acceptors (Lipinski definition) is 7. The van der Waals surface area contributed by atoms with E-state index in [1.807, 2.05) is 11.4 Å². The molecule has 1 aromatic carbocycles. The van der Waals surface area contributed by atoms with Crippen LogP contribution in [0.2, 0.25) is 4.34 Å². The predicted octanol–water partition coefficient (Wildman–Crippen LogP) is 5.90. The smallest absolute Gasteiger partial charge is 0.270 e. The standard InChI is InChI=1S/C16H8ClN3O3S3/c17-14-4-3-12(26-14)10-7-24-16(18-10)19-15(21)13-6-8-5-9(20(22)23)1-2-11(8)25-13/h1-7H,(H,18,19,21). The fourth-order valence-electron chi connectivity index (χ4n) is 2.31. The van der Waals surface area contributed by atoms with E-state index in [4.69, 9.17) is 11.6 Å². The van der Waals surface area contributed by atoms with Crippen molar-refractivity contribution in [3.63, 3.8) is 0 Å². The van der Waals surface area contributed by atoms with Crippen molar-refractivity contribution < 1.29 is 9.72 Å². The summed E-state index contributed by atoms with van der Waals surface area (Å²) in [6, 6.07) is 9.87. The molecular formula is C16H8ClN3O3S3. The fraction of sp³-hybridized carbons (Fsp3) is 0. The van der Waals surface area contributed by atoms with Crippen molar-refractivity contribution in [2.45, 2.75) is 0 Å². The number of anilines is 1. The fourth-order valence-corrected chi connectivity index (χ4v) is 5.03. The molecule has 1 amide bonds. The summed E-state index contributed by atoms with van der Waals surface area (Å²) < 4.78 is 1.49. The summed E-state index contributed by atoms with van der Waals surface area (Å²) in [4.78, 5) is 28.7. The van der Waals surface area contributed by atoms with Gasteiger partial charge in [0.1, 0.15) is 0 Å². The lowest BCUT2D eigenvalue weighted by atomic mass is 10.2. The van der Waals surface area contributed by atoms with Crippen LogP contribution >= 0.6 is 45.6 Å². The van der Waals surface area contributed by atoms with Gasteiger partial charge in [-0.05, 0) is 24.3 Å². The topological polar surface area (TPSA) is 85.1 Å². The second-order valence-corrected chi connectivity index (χ2v) is 8.84. The SMILES string of the molecule is O=C(Nc1nc(-c2ccc(Cl)s2)cs1)c1cc2cc([N+](=O)[O-])ccc2s1. The van der Waals surface area contributed by atoms with Crippen LogP contribution in [-0.4, -0.2) is 15.8 Å². The maximum atomic E-state index is 12.5. The number of thiophene rings is 2. The van der Waals surface area contributed by atoms with Gasteiger partial charge < -0.3 is 0 Å². The molecule has 130 valence electrons. The van der Waals surface area contributed by atoms with Crippen LogP contribution in [0.4, 0.5) is 10.8 Å². The van der Waals surface area contributed by atoms with Crippen LogP contribution in [-0.2, 0) is 0 Å². The molecule has 1 N–H and O–H groups in total. The number of aromatic nitrogens is 1. The maximum Gasteiger partial charge on any atom is 0.270 e. The molecule has 4 rings (SSSR count). The van der Waals surface area contributed by atoms with Gasteiger partial charge in [0.05, 0.1) is 24.7 Å². The van der Waals surface area contributed by atoms with E-state index in [1.54, 1.807) is 18.2 Å². The molecule has 0 atom stereocenters. The van der Waals surface area contributed by atoms with E-state index in [1.165, 1.54) is 46.1 Å². The molecule has 0 bridgehead atoms. The number of nitro benzene ring substituents is 1. The molecule has 0 aliphatic rings. The number of thiazole rings is 1. The third-order valence-electron chi connectivity index (χ3n) is 3.48. The Morgan fingerprint density at radius 2 is 2.04 bits per heavy atom. The van der Waals surface area contributed by atoms with Crippen LogP contribution in [0.3, 0.4) is 0 Å². The zero-order valence-corrected chi connectivity index (χ0v) is 16.0. The summed E-state index contributed by atoms with van der Waals surface area (Å²) in [6.45, 7) is 0. The Hall–Kier alpha value is -2.33. The quantitative estimate of drug-likeness (QED) is 0.328. The van der Waals surface area contributed by atoms with Crippen molar-refractivity contribution in [1.29, 1.82) is 0 Å². The van der Waals surface area contributed by atoms with Crippen LogP contribution in [0.15, 0.2) is 41.8 Å². The average molecular weight is 422 g/mol. The Labute approximate surface area is 163 Å². The zero-order valence-electron chi connectivity index (χ0n) is 12.8. The van der Waals surface area contributed by atoms with Crippen LogP contribution in [0.5, 0.6) is 0 Å². The number of nitro groups is 1. The van der Waals surface area contributed by atoms with Crippen molar-refractivity contribution in [3.05, 3.63) is 61.1 Å². The third kappa shape index (κ3) is 3.34. The second kappa shape index (κ2) is 6.76. The third-order valence-corrected chi connectivity index (χ3v) is 6.61. The van der Waals surface area contributed by atoms with Gasteiger partial charge >= 0.3 is 0 Å². The maximum absolute atomic E-state index is 12.5. The minimum Gasteiger partial charge on any atom is -0.297 e. The number of amides is 1. The van der Waals surface area contributed by atoms with Crippen molar-refractivity contribution in [2.24, 2.45) is 0 Å². The summed E-state index contributed by atoms with van der Waals surface area (Å²) in [5.74, 6) is -0.293. The first-order chi connectivity index (χ1) is 12.5. The minimum atomic E-state index is -0.454. The average Bonchev–Trinajstić information content (AvgIpc) is 3.32. The van der Waals surface area contributed by atoms with E-state index < -0.39 is 4.92 Å². The summed E-state index contributed by atoms with van der Waals surface area (Å²) in [5.41, 5.74) is 0.760. The normalized spacial score (nSPS) is 11.0. The molecule has 26 heavy (non-hydrogen) atoms. The molecule has 0 saturated heterocycles. The molecule has 6 nitrogen and oxygen atoms in total. The largest absolute Gasteiger partial charge is 0.297 e. The Morgan fingerprint density at radius 3 is 2.77 bits per heavy atom. The number of non-ortho nitro benzene ring substituents is 1. The number of nitrogens with one attached hydrogen (secondary N) is 1. The van der Waals surface area contributed by atoms with Crippen molar-refractivity contribution >= 4 is 72.4 Å². The summed E-state index contributed by atoms with van der Waals surface area (Å²) in [6.07, 6.45) is 0. The lowest BCUT2D eigenvalue weighted by Gasteiger charge is -1.97. The van der Waals surface area contributed by atoms with E-state index in [2.05, 4.69) is 10.3 Å². The predicted molar refractivity (Wildman–Crippen MR) is 107 cm³/mol. The monoisotopic (exact) mass is 421 g/mol.